The maximum atomic E-state index is 12.5. The fourth-order valence-corrected chi connectivity index (χ4v) is 3.78. The first-order valence-electron chi connectivity index (χ1n) is 10.0. The van der Waals surface area contributed by atoms with Crippen molar-refractivity contribution in [2.75, 3.05) is 11.9 Å². The number of nitrogens with one attached hydrogen (secondary N) is 2. The minimum atomic E-state index is -0.469. The molecule has 2 aromatic heterocycles. The molecule has 0 bridgehead atoms. The third-order valence-corrected chi connectivity index (χ3v) is 5.22. The van der Waals surface area contributed by atoms with Crippen LogP contribution in [-0.4, -0.2) is 38.5 Å². The zero-order chi connectivity index (χ0) is 21.1. The molecule has 4 rings (SSSR count). The molecule has 9 heteroatoms. The second-order valence-electron chi connectivity index (χ2n) is 7.25. The number of phenols is 1. The Morgan fingerprint density at radius 3 is 2.70 bits per heavy atom. The Hall–Kier alpha value is -3.62. The molecule has 1 fully saturated rings. The monoisotopic (exact) mass is 409 g/mol. The van der Waals surface area contributed by atoms with Gasteiger partial charge in [-0.15, -0.1) is 0 Å². The van der Waals surface area contributed by atoms with E-state index < -0.39 is 5.91 Å². The first kappa shape index (κ1) is 19.7. The number of amides is 2. The van der Waals surface area contributed by atoms with E-state index in [9.17, 15) is 14.7 Å². The number of aromatic nitrogens is 3. The Labute approximate surface area is 173 Å². The number of carbonyl (C=O) groups excluding carboxylic acids is 2. The minimum Gasteiger partial charge on any atom is -0.507 e. The first-order valence-corrected chi connectivity index (χ1v) is 10.0. The van der Waals surface area contributed by atoms with Crippen LogP contribution in [0.5, 0.6) is 5.75 Å². The summed E-state index contributed by atoms with van der Waals surface area (Å²) in [4.78, 5) is 24.6. The van der Waals surface area contributed by atoms with Crippen LogP contribution in [0.3, 0.4) is 0 Å². The highest BCUT2D eigenvalue weighted by atomic mass is 16.5. The van der Waals surface area contributed by atoms with Gasteiger partial charge >= 0.3 is 6.03 Å². The zero-order valence-corrected chi connectivity index (χ0v) is 16.6. The lowest BCUT2D eigenvalue weighted by molar-refractivity contribution is 0.0988. The van der Waals surface area contributed by atoms with Crippen molar-refractivity contribution in [2.45, 2.75) is 38.5 Å². The maximum Gasteiger partial charge on any atom is 0.342 e. The number of hydrogen-bond acceptors (Lipinski definition) is 6. The summed E-state index contributed by atoms with van der Waals surface area (Å²) in [7, 11) is 0. The Balaban J connectivity index is 1.62. The van der Waals surface area contributed by atoms with Gasteiger partial charge in [-0.3, -0.25) is 4.79 Å². The SMILES string of the molecule is CCNC(=O)n1nc(-c2ccc(NC(=O)c3ccno3)cc2O)cc1C1CCCC1. The molecule has 156 valence electrons. The lowest BCUT2D eigenvalue weighted by Gasteiger charge is -2.11. The predicted molar refractivity (Wildman–Crippen MR) is 109 cm³/mol. The number of benzene rings is 1. The smallest absolute Gasteiger partial charge is 0.342 e. The van der Waals surface area contributed by atoms with Crippen molar-refractivity contribution in [3.63, 3.8) is 0 Å². The molecule has 0 unspecified atom stereocenters. The van der Waals surface area contributed by atoms with Crippen LogP contribution >= 0.6 is 0 Å². The summed E-state index contributed by atoms with van der Waals surface area (Å²) in [6.07, 6.45) is 5.67. The summed E-state index contributed by atoms with van der Waals surface area (Å²) in [5, 5.41) is 24.0. The van der Waals surface area contributed by atoms with Crippen LogP contribution in [0.1, 0.15) is 54.8 Å². The number of carbonyl (C=O) groups is 2. The van der Waals surface area contributed by atoms with Crippen LogP contribution in [0, 0.1) is 0 Å². The molecule has 2 heterocycles. The van der Waals surface area contributed by atoms with Crippen LogP contribution in [-0.2, 0) is 0 Å². The molecular weight excluding hydrogens is 386 g/mol. The predicted octanol–water partition coefficient (Wildman–Crippen LogP) is 3.73. The fourth-order valence-electron chi connectivity index (χ4n) is 3.78. The fraction of sp³-hybridized carbons (Fsp3) is 0.333. The average Bonchev–Trinajstić information content (AvgIpc) is 3.48. The number of rotatable bonds is 5. The van der Waals surface area contributed by atoms with Crippen LogP contribution < -0.4 is 10.6 Å². The summed E-state index contributed by atoms with van der Waals surface area (Å²) in [5.41, 5.74) is 2.25. The van der Waals surface area contributed by atoms with Gasteiger partial charge in [0.1, 0.15) is 5.75 Å². The van der Waals surface area contributed by atoms with Crippen molar-refractivity contribution in [1.29, 1.82) is 0 Å². The summed E-state index contributed by atoms with van der Waals surface area (Å²) >= 11 is 0. The first-order chi connectivity index (χ1) is 14.6. The second kappa shape index (κ2) is 8.40. The number of aromatic hydroxyl groups is 1. The van der Waals surface area contributed by atoms with Crippen LogP contribution in [0.25, 0.3) is 11.3 Å². The highest BCUT2D eigenvalue weighted by molar-refractivity contribution is 6.02. The van der Waals surface area contributed by atoms with Gasteiger partial charge in [0, 0.05) is 35.8 Å². The number of anilines is 1. The van der Waals surface area contributed by atoms with E-state index >= 15 is 0 Å². The van der Waals surface area contributed by atoms with Crippen molar-refractivity contribution in [3.8, 4) is 17.0 Å². The van der Waals surface area contributed by atoms with Gasteiger partial charge in [-0.1, -0.05) is 18.0 Å². The standard InChI is InChI=1S/C21H23N5O4/c1-2-22-21(29)26-17(13-5-3-4-6-13)12-16(25-26)15-8-7-14(11-18(15)27)24-20(28)19-9-10-23-30-19/h7-13,27H,2-6H2,1H3,(H,22,29)(H,24,28). The Morgan fingerprint density at radius 1 is 1.23 bits per heavy atom. The highest BCUT2D eigenvalue weighted by Gasteiger charge is 2.25. The van der Waals surface area contributed by atoms with E-state index in [1.54, 1.807) is 12.1 Å². The molecule has 2 amide bonds. The molecule has 1 aromatic carbocycles. The molecule has 0 radical (unpaired) electrons. The molecule has 0 aliphatic heterocycles. The Morgan fingerprint density at radius 2 is 2.03 bits per heavy atom. The van der Waals surface area contributed by atoms with Gasteiger partial charge in [0.15, 0.2) is 0 Å². The molecule has 1 aliphatic carbocycles. The highest BCUT2D eigenvalue weighted by Crippen LogP contribution is 2.37. The quantitative estimate of drug-likeness (QED) is 0.590. The van der Waals surface area contributed by atoms with Gasteiger partial charge in [-0.05, 0) is 38.0 Å². The Kier molecular flexibility index (Phi) is 5.51. The molecule has 0 atom stereocenters. The maximum absolute atomic E-state index is 12.5. The van der Waals surface area contributed by atoms with Crippen LogP contribution in [0.2, 0.25) is 0 Å². The van der Waals surface area contributed by atoms with E-state index in [-0.39, 0.29) is 23.5 Å². The van der Waals surface area contributed by atoms with Gasteiger partial charge in [-0.2, -0.15) is 9.78 Å². The molecule has 3 aromatic rings. The third-order valence-electron chi connectivity index (χ3n) is 5.22. The lowest BCUT2D eigenvalue weighted by Crippen LogP contribution is -2.30. The van der Waals surface area contributed by atoms with Gasteiger partial charge in [0.25, 0.3) is 5.91 Å². The topological polar surface area (TPSA) is 122 Å². The largest absolute Gasteiger partial charge is 0.507 e. The molecule has 1 saturated carbocycles. The van der Waals surface area contributed by atoms with Gasteiger partial charge in [0.05, 0.1) is 17.6 Å². The molecule has 0 spiro atoms. The van der Waals surface area contributed by atoms with Crippen molar-refractivity contribution in [2.24, 2.45) is 0 Å². The molecule has 0 saturated heterocycles. The van der Waals surface area contributed by atoms with E-state index in [4.69, 9.17) is 4.52 Å². The molecular formula is C21H23N5O4. The van der Waals surface area contributed by atoms with Gasteiger partial charge in [0.2, 0.25) is 5.76 Å². The molecule has 3 N–H and O–H groups in total. The van der Waals surface area contributed by atoms with Gasteiger partial charge in [-0.25, -0.2) is 4.79 Å². The van der Waals surface area contributed by atoms with Crippen molar-refractivity contribution < 1.29 is 19.2 Å². The molecule has 30 heavy (non-hydrogen) atoms. The summed E-state index contributed by atoms with van der Waals surface area (Å²) in [5.74, 6) is -0.176. The van der Waals surface area contributed by atoms with E-state index in [1.807, 2.05) is 13.0 Å². The van der Waals surface area contributed by atoms with E-state index in [0.29, 0.717) is 23.5 Å². The van der Waals surface area contributed by atoms with Crippen LogP contribution in [0.15, 0.2) is 41.1 Å². The normalized spacial score (nSPS) is 14.0. The van der Waals surface area contributed by atoms with Crippen molar-refractivity contribution in [1.82, 2.24) is 20.3 Å². The van der Waals surface area contributed by atoms with Crippen LogP contribution in [0.4, 0.5) is 10.5 Å². The Bertz CT molecular complexity index is 1050. The van der Waals surface area contributed by atoms with E-state index in [1.165, 1.54) is 23.0 Å². The number of phenolic OH excluding ortho intramolecular Hbond substituents is 1. The van der Waals surface area contributed by atoms with Crippen molar-refractivity contribution >= 4 is 17.6 Å². The number of hydrogen-bond donors (Lipinski definition) is 3. The second-order valence-corrected chi connectivity index (χ2v) is 7.25. The zero-order valence-electron chi connectivity index (χ0n) is 16.6. The minimum absolute atomic E-state index is 0.0520. The van der Waals surface area contributed by atoms with E-state index in [0.717, 1.165) is 31.4 Å². The van der Waals surface area contributed by atoms with E-state index in [2.05, 4.69) is 20.9 Å². The third kappa shape index (κ3) is 3.91. The summed E-state index contributed by atoms with van der Waals surface area (Å²) in [6, 6.07) is 7.79. The van der Waals surface area contributed by atoms with Gasteiger partial charge < -0.3 is 20.3 Å². The number of nitrogens with zero attached hydrogens (tertiary/aromatic N) is 3. The summed E-state index contributed by atoms with van der Waals surface area (Å²) in [6.45, 7) is 2.36. The van der Waals surface area contributed by atoms with Crippen molar-refractivity contribution in [3.05, 3.63) is 48.0 Å². The summed E-state index contributed by atoms with van der Waals surface area (Å²) < 4.78 is 6.23. The lowest BCUT2D eigenvalue weighted by atomic mass is 10.0. The average molecular weight is 409 g/mol. The molecule has 9 nitrogen and oxygen atoms in total. The molecule has 1 aliphatic rings.